The summed E-state index contributed by atoms with van der Waals surface area (Å²) in [6, 6.07) is 6.97. The molecule has 0 aliphatic heterocycles. The predicted molar refractivity (Wildman–Crippen MR) is 103 cm³/mol. The molecule has 0 unspecified atom stereocenters. The van der Waals surface area contributed by atoms with Crippen LogP contribution in [0, 0.1) is 11.7 Å². The van der Waals surface area contributed by atoms with Gasteiger partial charge in [-0.25, -0.2) is 9.36 Å². The van der Waals surface area contributed by atoms with Crippen LogP contribution in [-0.4, -0.2) is 27.9 Å². The molecule has 0 aliphatic carbocycles. The number of ether oxygens (including phenoxy) is 1. The monoisotopic (exact) mass is 388 g/mol. The van der Waals surface area contributed by atoms with Crippen LogP contribution >= 0.6 is 23.6 Å². The summed E-state index contributed by atoms with van der Waals surface area (Å²) in [5.41, 5.74) is 0.937. The van der Waals surface area contributed by atoms with Crippen molar-refractivity contribution in [3.8, 4) is 5.00 Å². The van der Waals surface area contributed by atoms with Crippen molar-refractivity contribution in [2.45, 2.75) is 20.8 Å². The highest BCUT2D eigenvalue weighted by molar-refractivity contribution is 7.71. The van der Waals surface area contributed by atoms with Gasteiger partial charge in [-0.1, -0.05) is 12.1 Å². The lowest BCUT2D eigenvalue weighted by atomic mass is 10.1. The highest BCUT2D eigenvalue weighted by Gasteiger charge is 2.26. The number of ketones is 1. The topological polar surface area (TPSA) is 81.2 Å². The van der Waals surface area contributed by atoms with Crippen LogP contribution in [0.3, 0.4) is 0 Å². The normalized spacial score (nSPS) is 10.9. The van der Waals surface area contributed by atoms with Crippen LogP contribution < -0.4 is 5.56 Å². The van der Waals surface area contributed by atoms with Crippen molar-refractivity contribution in [1.82, 2.24) is 9.55 Å². The number of hydrogen-bond acceptors (Lipinski definition) is 6. The van der Waals surface area contributed by atoms with Crippen LogP contribution in [-0.2, 0) is 4.74 Å². The maximum atomic E-state index is 13.0. The molecule has 6 nitrogen and oxygen atoms in total. The van der Waals surface area contributed by atoms with Crippen LogP contribution in [0.1, 0.15) is 39.4 Å². The van der Waals surface area contributed by atoms with E-state index in [9.17, 15) is 14.4 Å². The summed E-state index contributed by atoms with van der Waals surface area (Å²) in [5.74, 6) is -0.772. The van der Waals surface area contributed by atoms with E-state index >= 15 is 0 Å². The Hall–Kier alpha value is -2.58. The summed E-state index contributed by atoms with van der Waals surface area (Å²) < 4.78 is 6.53. The molecule has 0 saturated heterocycles. The van der Waals surface area contributed by atoms with Gasteiger partial charge in [0, 0.05) is 0 Å². The quantitative estimate of drug-likeness (QED) is 0.418. The van der Waals surface area contributed by atoms with Gasteiger partial charge in [0.25, 0.3) is 5.56 Å². The Bertz CT molecular complexity index is 1150. The number of fused-ring (bicyclic) bond motifs is 1. The molecule has 1 N–H and O–H groups in total. The van der Waals surface area contributed by atoms with Gasteiger partial charge < -0.3 is 9.72 Å². The zero-order valence-electron chi connectivity index (χ0n) is 14.4. The molecule has 0 bridgehead atoms. The number of benzene rings is 1. The number of Topliss-reactive ketones (excluding diaryl/α,β-unsaturated/α-hetero) is 1. The van der Waals surface area contributed by atoms with Crippen LogP contribution in [0.5, 0.6) is 0 Å². The Balaban J connectivity index is 2.41. The van der Waals surface area contributed by atoms with Crippen LogP contribution in [0.4, 0.5) is 0 Å². The molecule has 0 atom stereocenters. The number of carbonyl (C=O) groups is 2. The Kier molecular flexibility index (Phi) is 4.88. The summed E-state index contributed by atoms with van der Waals surface area (Å²) >= 11 is 6.42. The Morgan fingerprint density at radius 2 is 2.00 bits per heavy atom. The molecular formula is C18H16N2O4S2. The average Bonchev–Trinajstić information content (AvgIpc) is 2.92. The van der Waals surface area contributed by atoms with E-state index in [1.807, 2.05) is 0 Å². The van der Waals surface area contributed by atoms with Crippen molar-refractivity contribution >= 4 is 46.2 Å². The van der Waals surface area contributed by atoms with Crippen LogP contribution in [0.2, 0.25) is 0 Å². The number of nitrogens with zero attached hydrogens (tertiary/aromatic N) is 1. The number of rotatable bonds is 4. The second kappa shape index (κ2) is 6.97. The molecule has 0 aliphatic rings. The minimum absolute atomic E-state index is 0.149. The highest BCUT2D eigenvalue weighted by atomic mass is 32.1. The van der Waals surface area contributed by atoms with Crippen molar-refractivity contribution in [2.24, 2.45) is 0 Å². The molecule has 26 heavy (non-hydrogen) atoms. The van der Waals surface area contributed by atoms with Crippen molar-refractivity contribution in [2.75, 3.05) is 6.61 Å². The lowest BCUT2D eigenvalue weighted by molar-refractivity contribution is 0.0526. The summed E-state index contributed by atoms with van der Waals surface area (Å²) in [6.07, 6.45) is 0. The third kappa shape index (κ3) is 2.91. The van der Waals surface area contributed by atoms with Gasteiger partial charge in [0.15, 0.2) is 10.6 Å². The molecule has 0 spiro atoms. The maximum absolute atomic E-state index is 13.0. The molecule has 0 fully saturated rings. The first-order valence-electron chi connectivity index (χ1n) is 7.92. The van der Waals surface area contributed by atoms with E-state index in [-0.39, 0.29) is 28.3 Å². The third-order valence-corrected chi connectivity index (χ3v) is 5.60. The van der Waals surface area contributed by atoms with Gasteiger partial charge >= 0.3 is 5.97 Å². The number of para-hydroxylation sites is 1. The van der Waals surface area contributed by atoms with Crippen molar-refractivity contribution in [3.05, 3.63) is 55.4 Å². The van der Waals surface area contributed by atoms with Gasteiger partial charge in [-0.05, 0) is 50.7 Å². The molecule has 0 amide bonds. The Morgan fingerprint density at radius 1 is 1.31 bits per heavy atom. The molecule has 3 rings (SSSR count). The number of esters is 1. The second-order valence-corrected chi connectivity index (χ2v) is 7.02. The van der Waals surface area contributed by atoms with E-state index in [2.05, 4.69) is 4.98 Å². The molecule has 2 aromatic heterocycles. The number of aromatic nitrogens is 2. The van der Waals surface area contributed by atoms with E-state index in [4.69, 9.17) is 17.0 Å². The molecular weight excluding hydrogens is 372 g/mol. The number of thiophene rings is 1. The Labute approximate surface area is 158 Å². The fourth-order valence-corrected chi connectivity index (χ4v) is 4.32. The molecule has 134 valence electrons. The maximum Gasteiger partial charge on any atom is 0.341 e. The first-order chi connectivity index (χ1) is 12.4. The smallest absolute Gasteiger partial charge is 0.341 e. The van der Waals surface area contributed by atoms with Crippen molar-refractivity contribution in [3.63, 3.8) is 0 Å². The summed E-state index contributed by atoms with van der Waals surface area (Å²) in [4.78, 5) is 40.9. The number of aromatic amines is 1. The van der Waals surface area contributed by atoms with Gasteiger partial charge in [-0.15, -0.1) is 11.3 Å². The largest absolute Gasteiger partial charge is 0.462 e. The highest BCUT2D eigenvalue weighted by Crippen LogP contribution is 2.32. The lowest BCUT2D eigenvalue weighted by Gasteiger charge is -2.09. The summed E-state index contributed by atoms with van der Waals surface area (Å²) in [7, 11) is 0. The van der Waals surface area contributed by atoms with E-state index in [1.165, 1.54) is 11.5 Å². The molecule has 8 heteroatoms. The van der Waals surface area contributed by atoms with Gasteiger partial charge in [0.1, 0.15) is 5.00 Å². The summed E-state index contributed by atoms with van der Waals surface area (Å²) in [6.45, 7) is 4.96. The average molecular weight is 388 g/mol. The first kappa shape index (κ1) is 18.2. The van der Waals surface area contributed by atoms with E-state index in [0.717, 1.165) is 11.3 Å². The van der Waals surface area contributed by atoms with E-state index in [1.54, 1.807) is 38.1 Å². The van der Waals surface area contributed by atoms with Gasteiger partial charge in [-0.3, -0.25) is 9.59 Å². The molecule has 1 aromatic carbocycles. The summed E-state index contributed by atoms with van der Waals surface area (Å²) in [5, 5.41) is 0.731. The third-order valence-electron chi connectivity index (χ3n) is 3.94. The van der Waals surface area contributed by atoms with Crippen molar-refractivity contribution < 1.29 is 14.3 Å². The lowest BCUT2D eigenvalue weighted by Crippen LogP contribution is -2.22. The molecule has 2 heterocycles. The van der Waals surface area contributed by atoms with Crippen LogP contribution in [0.15, 0.2) is 29.1 Å². The van der Waals surface area contributed by atoms with Gasteiger partial charge in [0.2, 0.25) is 0 Å². The standard InChI is InChI=1S/C18H16N2O4S2/c1-4-24-17(23)13-9(2)14(10(3)21)26-16(13)20-15(22)11-7-5-6-8-12(11)19-18(20)25/h5-8H,4H2,1-3H3,(H,19,25). The van der Waals surface area contributed by atoms with Crippen LogP contribution in [0.25, 0.3) is 15.9 Å². The first-order valence-corrected chi connectivity index (χ1v) is 9.15. The number of H-pyrrole nitrogens is 1. The predicted octanol–water partition coefficient (Wildman–Crippen LogP) is 3.80. The fraction of sp³-hybridized carbons (Fsp3) is 0.222. The number of hydrogen-bond donors (Lipinski definition) is 1. The SMILES string of the molecule is CCOC(=O)c1c(-n2c(=S)[nH]c3ccccc3c2=O)sc(C(C)=O)c1C. The van der Waals surface area contributed by atoms with E-state index < -0.39 is 5.97 Å². The van der Waals surface area contributed by atoms with Crippen molar-refractivity contribution in [1.29, 1.82) is 0 Å². The zero-order valence-corrected chi connectivity index (χ0v) is 16.0. The fourth-order valence-electron chi connectivity index (χ4n) is 2.78. The molecule has 0 saturated carbocycles. The number of nitrogens with one attached hydrogen (secondary N) is 1. The minimum Gasteiger partial charge on any atom is -0.462 e. The molecule has 3 aromatic rings. The van der Waals surface area contributed by atoms with Gasteiger partial charge in [0.05, 0.1) is 28.0 Å². The number of carbonyl (C=O) groups excluding carboxylic acids is 2. The zero-order chi connectivity index (χ0) is 19.0. The van der Waals surface area contributed by atoms with E-state index in [0.29, 0.717) is 26.3 Å². The Morgan fingerprint density at radius 3 is 2.65 bits per heavy atom. The van der Waals surface area contributed by atoms with Gasteiger partial charge in [-0.2, -0.15) is 0 Å². The minimum atomic E-state index is -0.585. The second-order valence-electron chi connectivity index (χ2n) is 5.63. The molecule has 0 radical (unpaired) electrons.